The van der Waals surface area contributed by atoms with E-state index in [0.717, 1.165) is 0 Å². The van der Waals surface area contributed by atoms with Gasteiger partial charge in [-0.1, -0.05) is 31.9 Å². The number of halogens is 2. The molecule has 0 heterocycles. The van der Waals surface area contributed by atoms with Crippen molar-refractivity contribution in [2.75, 3.05) is 14.2 Å². The van der Waals surface area contributed by atoms with Gasteiger partial charge in [-0.3, -0.25) is 0 Å². The zero-order valence-electron chi connectivity index (χ0n) is 8.39. The van der Waals surface area contributed by atoms with E-state index in [9.17, 15) is 9.59 Å². The lowest BCUT2D eigenvalue weighted by Crippen LogP contribution is -2.54. The number of carbonyl (C=O) groups excluding carboxylic acids is 2. The molecule has 0 aromatic heterocycles. The van der Waals surface area contributed by atoms with Gasteiger partial charge < -0.3 is 9.47 Å². The molecule has 0 bridgehead atoms. The molecule has 0 saturated carbocycles. The van der Waals surface area contributed by atoms with Crippen molar-refractivity contribution in [2.45, 2.75) is 22.5 Å². The molecule has 0 aromatic carbocycles. The van der Waals surface area contributed by atoms with Crippen LogP contribution in [0.4, 0.5) is 0 Å². The summed E-state index contributed by atoms with van der Waals surface area (Å²) in [6, 6.07) is 0. The molecule has 0 N–H and O–H groups in total. The van der Waals surface area contributed by atoms with Gasteiger partial charge in [0.25, 0.3) is 0 Å². The predicted molar refractivity (Wildman–Crippen MR) is 58.7 cm³/mol. The molecular formula is C8H12Br2O4. The van der Waals surface area contributed by atoms with Gasteiger partial charge in [0.05, 0.1) is 18.5 Å². The van der Waals surface area contributed by atoms with E-state index in [-0.39, 0.29) is 0 Å². The lowest BCUT2D eigenvalue weighted by atomic mass is 9.95. The summed E-state index contributed by atoms with van der Waals surface area (Å²) in [5.74, 6) is -1.41. The number of esters is 2. The first-order valence-electron chi connectivity index (χ1n) is 3.76. The second kappa shape index (κ2) is 4.61. The van der Waals surface area contributed by atoms with Crippen LogP contribution in [0.2, 0.25) is 0 Å². The van der Waals surface area contributed by atoms with Gasteiger partial charge >= 0.3 is 11.9 Å². The first-order chi connectivity index (χ1) is 6.21. The third-order valence-corrected chi connectivity index (χ3v) is 4.52. The summed E-state index contributed by atoms with van der Waals surface area (Å²) in [5, 5.41) is 0. The number of hydrogen-bond acceptors (Lipinski definition) is 4. The number of methoxy groups -OCH3 is 2. The van der Waals surface area contributed by atoms with Crippen molar-refractivity contribution >= 4 is 43.8 Å². The van der Waals surface area contributed by atoms with E-state index in [0.29, 0.717) is 0 Å². The van der Waals surface area contributed by atoms with Crippen LogP contribution in [-0.4, -0.2) is 34.8 Å². The molecule has 82 valence electrons. The van der Waals surface area contributed by atoms with Gasteiger partial charge in [0.2, 0.25) is 4.32 Å². The van der Waals surface area contributed by atoms with Crippen LogP contribution in [0.3, 0.4) is 0 Å². The molecule has 0 aliphatic heterocycles. The Bertz CT molecular complexity index is 228. The van der Waals surface area contributed by atoms with E-state index in [2.05, 4.69) is 41.3 Å². The van der Waals surface area contributed by atoms with Crippen molar-refractivity contribution in [1.82, 2.24) is 0 Å². The highest BCUT2D eigenvalue weighted by Crippen LogP contribution is 2.40. The van der Waals surface area contributed by atoms with Gasteiger partial charge in [0, 0.05) is 0 Å². The highest BCUT2D eigenvalue weighted by molar-refractivity contribution is 9.13. The largest absolute Gasteiger partial charge is 0.467 e. The maximum absolute atomic E-state index is 11.5. The second-order valence-electron chi connectivity index (χ2n) is 3.11. The lowest BCUT2D eigenvalue weighted by molar-refractivity contribution is -0.156. The van der Waals surface area contributed by atoms with E-state index >= 15 is 0 Å². The molecule has 4 nitrogen and oxygen atoms in total. The molecular weight excluding hydrogens is 320 g/mol. The fourth-order valence-electron chi connectivity index (χ4n) is 0.850. The Morgan fingerprint density at radius 3 is 1.43 bits per heavy atom. The monoisotopic (exact) mass is 330 g/mol. The molecule has 14 heavy (non-hydrogen) atoms. The third-order valence-electron chi connectivity index (χ3n) is 1.75. The smallest absolute Gasteiger partial charge is 0.335 e. The van der Waals surface area contributed by atoms with E-state index in [1.54, 1.807) is 13.8 Å². The third kappa shape index (κ3) is 2.28. The second-order valence-corrected chi connectivity index (χ2v) is 6.29. The minimum absolute atomic E-state index is 0.703. The van der Waals surface area contributed by atoms with Crippen LogP contribution in [0, 0.1) is 0 Å². The Morgan fingerprint density at radius 2 is 1.29 bits per heavy atom. The summed E-state index contributed by atoms with van der Waals surface area (Å²) in [7, 11) is 2.42. The zero-order valence-corrected chi connectivity index (χ0v) is 11.6. The van der Waals surface area contributed by atoms with Crippen molar-refractivity contribution in [1.29, 1.82) is 0 Å². The molecule has 0 amide bonds. The van der Waals surface area contributed by atoms with E-state index in [1.807, 2.05) is 0 Å². The van der Waals surface area contributed by atoms with Crippen molar-refractivity contribution < 1.29 is 19.1 Å². The maximum Gasteiger partial charge on any atom is 0.335 e. The van der Waals surface area contributed by atoms with Gasteiger partial charge in [-0.05, 0) is 13.8 Å². The molecule has 0 atom stereocenters. The van der Waals surface area contributed by atoms with Gasteiger partial charge in [-0.15, -0.1) is 0 Å². The summed E-state index contributed by atoms with van der Waals surface area (Å²) in [6.07, 6.45) is 0. The quantitative estimate of drug-likeness (QED) is 0.448. The van der Waals surface area contributed by atoms with Crippen LogP contribution in [0.25, 0.3) is 0 Å². The van der Waals surface area contributed by atoms with Gasteiger partial charge in [-0.2, -0.15) is 0 Å². The van der Waals surface area contributed by atoms with Crippen LogP contribution in [0.1, 0.15) is 13.8 Å². The number of alkyl halides is 2. The summed E-state index contributed by atoms with van der Waals surface area (Å²) in [4.78, 5) is 23.0. The Hall–Kier alpha value is -0.100. The molecule has 0 radical (unpaired) electrons. The molecule has 0 unspecified atom stereocenters. The molecule has 0 aromatic rings. The standard InChI is InChI=1S/C8H12Br2O4/c1-7(2,9)8(10,5(11)13-3)6(12)14-4/h1-4H3. The van der Waals surface area contributed by atoms with Gasteiger partial charge in [-0.25, -0.2) is 9.59 Å². The Balaban J connectivity index is 5.27. The minimum Gasteiger partial charge on any atom is -0.467 e. The molecule has 0 rings (SSSR count). The summed E-state index contributed by atoms with van der Waals surface area (Å²) >= 11 is 6.30. The molecule has 6 heteroatoms. The molecule has 0 aliphatic carbocycles. The van der Waals surface area contributed by atoms with E-state index in [4.69, 9.17) is 0 Å². The predicted octanol–water partition coefficient (Wildman–Crippen LogP) is 1.64. The molecule has 0 fully saturated rings. The fourth-order valence-corrected chi connectivity index (χ4v) is 1.50. The normalized spacial score (nSPS) is 12.1. The Morgan fingerprint density at radius 1 is 1.00 bits per heavy atom. The summed E-state index contributed by atoms with van der Waals surface area (Å²) in [6.45, 7) is 3.32. The molecule has 0 spiro atoms. The topological polar surface area (TPSA) is 52.6 Å². The fraction of sp³-hybridized carbons (Fsp3) is 0.750. The zero-order chi connectivity index (χ0) is 11.6. The van der Waals surface area contributed by atoms with Crippen molar-refractivity contribution in [3.63, 3.8) is 0 Å². The highest BCUT2D eigenvalue weighted by atomic mass is 79.9. The van der Waals surface area contributed by atoms with Crippen LogP contribution in [0.5, 0.6) is 0 Å². The highest BCUT2D eigenvalue weighted by Gasteiger charge is 2.56. The summed E-state index contributed by atoms with van der Waals surface area (Å²) < 4.78 is 6.74. The van der Waals surface area contributed by atoms with Crippen LogP contribution in [-0.2, 0) is 19.1 Å². The SMILES string of the molecule is COC(=O)C(Br)(C(=O)OC)C(C)(C)Br. The first kappa shape index (κ1) is 13.9. The Labute approximate surface area is 99.6 Å². The average Bonchev–Trinajstić information content (AvgIpc) is 2.12. The minimum atomic E-state index is -1.54. The van der Waals surface area contributed by atoms with E-state index < -0.39 is 20.6 Å². The van der Waals surface area contributed by atoms with Crippen LogP contribution >= 0.6 is 31.9 Å². The number of ether oxygens (including phenoxy) is 2. The van der Waals surface area contributed by atoms with Crippen molar-refractivity contribution in [3.05, 3.63) is 0 Å². The lowest BCUT2D eigenvalue weighted by Gasteiger charge is -2.32. The number of rotatable bonds is 3. The average molecular weight is 332 g/mol. The maximum atomic E-state index is 11.5. The van der Waals surface area contributed by atoms with Crippen molar-refractivity contribution in [2.24, 2.45) is 0 Å². The number of carbonyl (C=O) groups is 2. The first-order valence-corrected chi connectivity index (χ1v) is 5.35. The number of hydrogen-bond donors (Lipinski definition) is 0. The Kier molecular flexibility index (Phi) is 4.58. The van der Waals surface area contributed by atoms with Crippen molar-refractivity contribution in [3.8, 4) is 0 Å². The van der Waals surface area contributed by atoms with Gasteiger partial charge in [0.1, 0.15) is 0 Å². The van der Waals surface area contributed by atoms with Gasteiger partial charge in [0.15, 0.2) is 0 Å². The molecule has 0 saturated heterocycles. The van der Waals surface area contributed by atoms with Crippen LogP contribution in [0.15, 0.2) is 0 Å². The van der Waals surface area contributed by atoms with E-state index in [1.165, 1.54) is 14.2 Å². The molecule has 0 aliphatic rings. The van der Waals surface area contributed by atoms with Crippen LogP contribution < -0.4 is 0 Å². The summed E-state index contributed by atoms with van der Waals surface area (Å²) in [5.41, 5.74) is 0.